The zero-order valence-electron chi connectivity index (χ0n) is 23.0. The second-order valence-electron chi connectivity index (χ2n) is 10.6. The maximum Gasteiger partial charge on any atom is 0.407 e. The van der Waals surface area contributed by atoms with Crippen LogP contribution in [0.1, 0.15) is 42.4 Å². The number of benzene rings is 3. The number of hydrogen-bond acceptors (Lipinski definition) is 5. The number of nitrogens with zero attached hydrogens (tertiary/aromatic N) is 1. The van der Waals surface area contributed by atoms with E-state index in [4.69, 9.17) is 26.2 Å². The van der Waals surface area contributed by atoms with Gasteiger partial charge in [0.15, 0.2) is 0 Å². The fourth-order valence-electron chi connectivity index (χ4n) is 5.22. The third kappa shape index (κ3) is 6.49. The van der Waals surface area contributed by atoms with Crippen molar-refractivity contribution in [2.45, 2.75) is 45.6 Å². The highest BCUT2D eigenvalue weighted by Crippen LogP contribution is 2.49. The minimum absolute atomic E-state index is 0.00718. The number of rotatable bonds is 10. The summed E-state index contributed by atoms with van der Waals surface area (Å²) in [5.41, 5.74) is 5.23. The van der Waals surface area contributed by atoms with Crippen LogP contribution in [0.15, 0.2) is 60.7 Å². The van der Waals surface area contributed by atoms with Crippen molar-refractivity contribution in [3.63, 3.8) is 0 Å². The number of anilines is 1. The Bertz CT molecular complexity index is 1470. The lowest BCUT2D eigenvalue weighted by Gasteiger charge is -2.33. The van der Waals surface area contributed by atoms with Gasteiger partial charge in [-0.05, 0) is 79.1 Å². The minimum atomic E-state index is -0.988. The number of alkyl carbamates (subject to hydrolysis) is 1. The van der Waals surface area contributed by atoms with E-state index < -0.39 is 17.5 Å². The summed E-state index contributed by atoms with van der Waals surface area (Å²) in [5.74, 6) is -0.177. The van der Waals surface area contributed by atoms with Crippen LogP contribution in [-0.4, -0.2) is 42.8 Å². The summed E-state index contributed by atoms with van der Waals surface area (Å²) in [7, 11) is 0. The number of nitrogens with one attached hydrogen (secondary N) is 1. The first-order chi connectivity index (χ1) is 19.8. The van der Waals surface area contributed by atoms with Crippen LogP contribution in [-0.2, 0) is 27.4 Å². The Labute approximate surface area is 244 Å². The number of carboxylic acid groups (broad SMARTS) is 1. The van der Waals surface area contributed by atoms with Gasteiger partial charge in [0.05, 0.1) is 11.8 Å². The lowest BCUT2D eigenvalue weighted by molar-refractivity contribution is -0.136. The van der Waals surface area contributed by atoms with Gasteiger partial charge in [-0.1, -0.05) is 48.0 Å². The van der Waals surface area contributed by atoms with Gasteiger partial charge in [0.1, 0.15) is 19.0 Å². The van der Waals surface area contributed by atoms with Crippen LogP contribution in [0.5, 0.6) is 5.75 Å². The summed E-state index contributed by atoms with van der Waals surface area (Å²) in [4.78, 5) is 38.4. The van der Waals surface area contributed by atoms with E-state index >= 15 is 0 Å². The van der Waals surface area contributed by atoms with Crippen molar-refractivity contribution in [2.75, 3.05) is 24.6 Å². The molecule has 8 nitrogen and oxygen atoms in total. The maximum absolute atomic E-state index is 13.9. The van der Waals surface area contributed by atoms with Crippen molar-refractivity contribution >= 4 is 35.3 Å². The molecule has 1 aliphatic heterocycles. The molecular weight excluding hydrogens is 544 g/mol. The van der Waals surface area contributed by atoms with E-state index in [2.05, 4.69) is 11.4 Å². The van der Waals surface area contributed by atoms with Gasteiger partial charge in [-0.3, -0.25) is 9.59 Å². The van der Waals surface area contributed by atoms with E-state index in [9.17, 15) is 14.4 Å². The molecule has 9 heteroatoms. The van der Waals surface area contributed by atoms with E-state index in [1.165, 1.54) is 0 Å². The molecule has 1 fully saturated rings. The molecule has 2 amide bonds. The van der Waals surface area contributed by atoms with E-state index in [1.807, 2.05) is 66.4 Å². The van der Waals surface area contributed by atoms with E-state index in [-0.39, 0.29) is 25.5 Å². The fraction of sp³-hybridized carbons (Fsp3) is 0.344. The van der Waals surface area contributed by atoms with Gasteiger partial charge < -0.3 is 24.8 Å². The molecule has 0 aromatic heterocycles. The number of halogens is 1. The molecular formula is C32H33ClN2O6. The highest BCUT2D eigenvalue weighted by molar-refractivity contribution is 6.31. The Morgan fingerprint density at radius 3 is 2.63 bits per heavy atom. The molecule has 41 heavy (non-hydrogen) atoms. The molecule has 0 spiro atoms. The van der Waals surface area contributed by atoms with E-state index in [0.717, 1.165) is 59.2 Å². The predicted molar refractivity (Wildman–Crippen MR) is 156 cm³/mol. The number of carboxylic acids is 1. The first-order valence-corrected chi connectivity index (χ1v) is 14.2. The molecule has 2 aliphatic rings. The van der Waals surface area contributed by atoms with Gasteiger partial charge >= 0.3 is 12.1 Å². The SMILES string of the molecule is Cc1c(Cl)cccc1OCC1(C(=O)N2CCCc3c(-c4cccc(COC(=O)NCCC(=O)O)c4)cccc32)CC1. The minimum Gasteiger partial charge on any atom is -0.492 e. The number of carbonyl (C=O) groups is 3. The smallest absolute Gasteiger partial charge is 0.407 e. The average Bonchev–Trinajstić information content (AvgIpc) is 3.77. The summed E-state index contributed by atoms with van der Waals surface area (Å²) < 4.78 is 11.4. The van der Waals surface area contributed by atoms with Crippen LogP contribution in [0, 0.1) is 12.3 Å². The molecule has 1 aliphatic carbocycles. The van der Waals surface area contributed by atoms with Crippen LogP contribution < -0.4 is 15.0 Å². The fourth-order valence-corrected chi connectivity index (χ4v) is 5.39. The second-order valence-corrected chi connectivity index (χ2v) is 11.0. The van der Waals surface area contributed by atoms with Gasteiger partial charge in [0.25, 0.3) is 0 Å². The molecule has 3 aromatic rings. The molecule has 2 N–H and O–H groups in total. The van der Waals surface area contributed by atoms with Crippen LogP contribution in [0.2, 0.25) is 5.02 Å². The zero-order chi connectivity index (χ0) is 29.0. The monoisotopic (exact) mass is 576 g/mol. The van der Waals surface area contributed by atoms with Crippen molar-refractivity contribution < 1.29 is 29.0 Å². The Balaban J connectivity index is 1.30. The Hall–Kier alpha value is -4.04. The highest BCUT2D eigenvalue weighted by atomic mass is 35.5. The first kappa shape index (κ1) is 28.5. The topological polar surface area (TPSA) is 105 Å². The van der Waals surface area contributed by atoms with Crippen molar-refractivity contribution in [2.24, 2.45) is 5.41 Å². The first-order valence-electron chi connectivity index (χ1n) is 13.8. The zero-order valence-corrected chi connectivity index (χ0v) is 23.7. The highest BCUT2D eigenvalue weighted by Gasteiger charge is 2.53. The molecule has 214 valence electrons. The quantitative estimate of drug-likeness (QED) is 0.300. The molecule has 0 radical (unpaired) electrons. The number of amides is 2. The van der Waals surface area contributed by atoms with E-state index in [1.54, 1.807) is 0 Å². The molecule has 1 heterocycles. The average molecular weight is 577 g/mol. The van der Waals surface area contributed by atoms with Gasteiger partial charge in [-0.2, -0.15) is 0 Å². The molecule has 0 atom stereocenters. The lowest BCUT2D eigenvalue weighted by atomic mass is 9.90. The van der Waals surface area contributed by atoms with Crippen molar-refractivity contribution in [1.82, 2.24) is 5.32 Å². The largest absolute Gasteiger partial charge is 0.492 e. The number of carbonyl (C=O) groups excluding carboxylic acids is 2. The van der Waals surface area contributed by atoms with Crippen LogP contribution in [0.4, 0.5) is 10.5 Å². The normalized spacial score (nSPS) is 15.0. The number of aliphatic carboxylic acids is 1. The maximum atomic E-state index is 13.9. The molecule has 0 bridgehead atoms. The molecule has 5 rings (SSSR count). The van der Waals surface area contributed by atoms with E-state index in [0.29, 0.717) is 23.9 Å². The Morgan fingerprint density at radius 2 is 1.85 bits per heavy atom. The van der Waals surface area contributed by atoms with Gasteiger partial charge in [0.2, 0.25) is 5.91 Å². The molecule has 3 aromatic carbocycles. The van der Waals surface area contributed by atoms with Crippen LogP contribution in [0.3, 0.4) is 0 Å². The third-order valence-corrected chi connectivity index (χ3v) is 8.15. The molecule has 0 saturated heterocycles. The van der Waals surface area contributed by atoms with Gasteiger partial charge in [0, 0.05) is 29.4 Å². The van der Waals surface area contributed by atoms with Crippen LogP contribution >= 0.6 is 11.6 Å². The molecule has 1 saturated carbocycles. The van der Waals surface area contributed by atoms with Gasteiger partial charge in [-0.25, -0.2) is 4.79 Å². The summed E-state index contributed by atoms with van der Waals surface area (Å²) in [5, 5.41) is 11.8. The third-order valence-electron chi connectivity index (χ3n) is 7.74. The summed E-state index contributed by atoms with van der Waals surface area (Å²) in [6, 6.07) is 19.4. The Morgan fingerprint density at radius 1 is 1.07 bits per heavy atom. The van der Waals surface area contributed by atoms with Crippen molar-refractivity contribution in [3.8, 4) is 16.9 Å². The summed E-state index contributed by atoms with van der Waals surface area (Å²) in [6.07, 6.45) is 2.48. The Kier molecular flexibility index (Phi) is 8.49. The summed E-state index contributed by atoms with van der Waals surface area (Å²) >= 11 is 6.26. The second kappa shape index (κ2) is 12.2. The lowest BCUT2D eigenvalue weighted by Crippen LogP contribution is -2.42. The molecule has 0 unspecified atom stereocenters. The number of ether oxygens (including phenoxy) is 2. The van der Waals surface area contributed by atoms with Crippen molar-refractivity contribution in [1.29, 1.82) is 0 Å². The number of hydrogen-bond donors (Lipinski definition) is 2. The standard InChI is InChI=1S/C32H33ClN2O6/c1-21-26(33)10-4-12-28(21)41-20-32(14-15-32)30(38)35-17-5-9-25-24(8-3-11-27(25)35)23-7-2-6-22(18-23)19-40-31(39)34-16-13-29(36)37/h2-4,6-8,10-12,18H,5,9,13-17,19-20H2,1H3,(H,34,39)(H,36,37). The van der Waals surface area contributed by atoms with Crippen molar-refractivity contribution in [3.05, 3.63) is 82.4 Å². The van der Waals surface area contributed by atoms with Gasteiger partial charge in [-0.15, -0.1) is 0 Å². The summed E-state index contributed by atoms with van der Waals surface area (Å²) in [6.45, 7) is 2.97. The number of fused-ring (bicyclic) bond motifs is 1. The van der Waals surface area contributed by atoms with Crippen LogP contribution in [0.25, 0.3) is 11.1 Å². The predicted octanol–water partition coefficient (Wildman–Crippen LogP) is 6.15.